The van der Waals surface area contributed by atoms with E-state index in [2.05, 4.69) is 37.5 Å². The Labute approximate surface area is 115 Å². The van der Waals surface area contributed by atoms with E-state index in [4.69, 9.17) is 10.3 Å². The zero-order valence-electron chi connectivity index (χ0n) is 11.9. The Hall–Kier alpha value is -1.32. The fraction of sp³-hybridized carbons (Fsp3) is 0.500. The maximum atomic E-state index is 5.89. The van der Waals surface area contributed by atoms with Gasteiger partial charge in [0.05, 0.1) is 6.04 Å². The highest BCUT2D eigenvalue weighted by Crippen LogP contribution is 2.27. The molecule has 0 radical (unpaired) electrons. The van der Waals surface area contributed by atoms with Crippen molar-refractivity contribution < 1.29 is 4.42 Å². The molecule has 0 saturated carbocycles. The molecular formula is C16H24N2O. The monoisotopic (exact) mass is 260 g/mol. The Kier molecular flexibility index (Phi) is 5.00. The van der Waals surface area contributed by atoms with Crippen molar-refractivity contribution in [3.8, 4) is 0 Å². The third-order valence-electron chi connectivity index (χ3n) is 3.58. The van der Waals surface area contributed by atoms with Crippen molar-refractivity contribution in [2.75, 3.05) is 0 Å². The van der Waals surface area contributed by atoms with E-state index in [1.165, 1.54) is 31.2 Å². The van der Waals surface area contributed by atoms with Crippen LogP contribution in [0, 0.1) is 6.92 Å². The molecule has 0 spiro atoms. The van der Waals surface area contributed by atoms with Crippen LogP contribution in [0.25, 0.3) is 11.0 Å². The molecule has 0 bridgehead atoms. The van der Waals surface area contributed by atoms with E-state index in [-0.39, 0.29) is 6.04 Å². The first-order valence-electron chi connectivity index (χ1n) is 7.21. The van der Waals surface area contributed by atoms with Gasteiger partial charge in [0.2, 0.25) is 0 Å². The van der Waals surface area contributed by atoms with E-state index < -0.39 is 0 Å². The molecule has 0 aliphatic heterocycles. The van der Waals surface area contributed by atoms with Crippen LogP contribution in [-0.4, -0.2) is 0 Å². The largest absolute Gasteiger partial charge is 0.459 e. The molecule has 1 heterocycles. The highest BCUT2D eigenvalue weighted by Gasteiger charge is 2.14. The smallest absolute Gasteiger partial charge is 0.134 e. The average molecular weight is 260 g/mol. The molecule has 0 aliphatic carbocycles. The Balaban J connectivity index is 2.07. The van der Waals surface area contributed by atoms with Crippen molar-refractivity contribution in [3.63, 3.8) is 0 Å². The molecule has 19 heavy (non-hydrogen) atoms. The van der Waals surface area contributed by atoms with Gasteiger partial charge in [0.15, 0.2) is 0 Å². The Morgan fingerprint density at radius 3 is 2.79 bits per heavy atom. The first-order valence-corrected chi connectivity index (χ1v) is 7.21. The minimum absolute atomic E-state index is 0.115. The summed E-state index contributed by atoms with van der Waals surface area (Å²) in [7, 11) is 0. The highest BCUT2D eigenvalue weighted by molar-refractivity contribution is 5.78. The topological polar surface area (TPSA) is 51.2 Å². The lowest BCUT2D eigenvalue weighted by Crippen LogP contribution is -2.27. The quantitative estimate of drug-likeness (QED) is 0.445. The van der Waals surface area contributed by atoms with Crippen LogP contribution in [0.2, 0.25) is 0 Å². The molecule has 0 amide bonds. The van der Waals surface area contributed by atoms with E-state index in [1.807, 2.05) is 6.07 Å². The van der Waals surface area contributed by atoms with Crippen LogP contribution >= 0.6 is 0 Å². The zero-order chi connectivity index (χ0) is 13.7. The van der Waals surface area contributed by atoms with Crippen LogP contribution in [0.5, 0.6) is 0 Å². The van der Waals surface area contributed by atoms with E-state index in [1.54, 1.807) is 0 Å². The lowest BCUT2D eigenvalue weighted by molar-refractivity contribution is 0.403. The number of nitrogens with one attached hydrogen (secondary N) is 1. The molecule has 1 atom stereocenters. The molecule has 1 aromatic carbocycles. The summed E-state index contributed by atoms with van der Waals surface area (Å²) in [6.07, 6.45) is 6.00. The number of rotatable bonds is 7. The van der Waals surface area contributed by atoms with E-state index in [0.717, 1.165) is 23.2 Å². The predicted octanol–water partition coefficient (Wildman–Crippen LogP) is 4.22. The van der Waals surface area contributed by atoms with Gasteiger partial charge >= 0.3 is 0 Å². The fourth-order valence-corrected chi connectivity index (χ4v) is 2.44. The first kappa shape index (κ1) is 14.1. The van der Waals surface area contributed by atoms with Gasteiger partial charge in [-0.05, 0) is 31.5 Å². The van der Waals surface area contributed by atoms with E-state index >= 15 is 0 Å². The zero-order valence-corrected chi connectivity index (χ0v) is 11.9. The normalized spacial score (nSPS) is 13.0. The second-order valence-electron chi connectivity index (χ2n) is 5.26. The minimum atomic E-state index is 0.115. The number of hydrogen-bond donors (Lipinski definition) is 2. The lowest BCUT2D eigenvalue weighted by Gasteiger charge is -2.12. The van der Waals surface area contributed by atoms with Crippen LogP contribution < -0.4 is 11.3 Å². The van der Waals surface area contributed by atoms with Gasteiger partial charge in [-0.15, -0.1) is 0 Å². The van der Waals surface area contributed by atoms with Crippen molar-refractivity contribution >= 4 is 11.0 Å². The third-order valence-corrected chi connectivity index (χ3v) is 3.58. The summed E-state index contributed by atoms with van der Waals surface area (Å²) in [5.41, 5.74) is 5.07. The molecular weight excluding hydrogens is 236 g/mol. The van der Waals surface area contributed by atoms with Gasteiger partial charge < -0.3 is 4.42 Å². The van der Waals surface area contributed by atoms with Crippen molar-refractivity contribution in [2.24, 2.45) is 5.84 Å². The van der Waals surface area contributed by atoms with Gasteiger partial charge in [-0.1, -0.05) is 44.2 Å². The standard InChI is InChI=1S/C16H24N2O/c1-3-4-5-6-7-14(18-17)16-11-13-10-12(2)8-9-15(13)19-16/h8-11,14,18H,3-7,17H2,1-2H3. The van der Waals surface area contributed by atoms with Gasteiger partial charge in [0.25, 0.3) is 0 Å². The summed E-state index contributed by atoms with van der Waals surface area (Å²) < 4.78 is 5.89. The molecule has 3 heteroatoms. The van der Waals surface area contributed by atoms with E-state index in [9.17, 15) is 0 Å². The fourth-order valence-electron chi connectivity index (χ4n) is 2.44. The summed E-state index contributed by atoms with van der Waals surface area (Å²) >= 11 is 0. The maximum absolute atomic E-state index is 5.89. The number of furan rings is 1. The molecule has 2 rings (SSSR count). The first-order chi connectivity index (χ1) is 9.24. The lowest BCUT2D eigenvalue weighted by atomic mass is 10.1. The Bertz CT molecular complexity index is 518. The Morgan fingerprint density at radius 1 is 1.21 bits per heavy atom. The average Bonchev–Trinajstić information content (AvgIpc) is 2.81. The van der Waals surface area contributed by atoms with Gasteiger partial charge in [0.1, 0.15) is 11.3 Å². The summed E-state index contributed by atoms with van der Waals surface area (Å²) in [4.78, 5) is 0. The van der Waals surface area contributed by atoms with Crippen LogP contribution in [-0.2, 0) is 0 Å². The summed E-state index contributed by atoms with van der Waals surface area (Å²) in [5, 5.41) is 1.16. The molecule has 3 nitrogen and oxygen atoms in total. The minimum Gasteiger partial charge on any atom is -0.459 e. The predicted molar refractivity (Wildman–Crippen MR) is 79.8 cm³/mol. The number of hydrogen-bond acceptors (Lipinski definition) is 3. The van der Waals surface area contributed by atoms with E-state index in [0.29, 0.717) is 0 Å². The highest BCUT2D eigenvalue weighted by atomic mass is 16.3. The third kappa shape index (κ3) is 3.58. The van der Waals surface area contributed by atoms with Crippen LogP contribution in [0.3, 0.4) is 0 Å². The summed E-state index contributed by atoms with van der Waals surface area (Å²) in [6.45, 7) is 4.32. The second-order valence-corrected chi connectivity index (χ2v) is 5.26. The number of fused-ring (bicyclic) bond motifs is 1. The molecule has 2 aromatic rings. The van der Waals surface area contributed by atoms with Gasteiger partial charge in [-0.3, -0.25) is 5.84 Å². The number of aryl methyl sites for hydroxylation is 1. The molecule has 1 aromatic heterocycles. The van der Waals surface area contributed by atoms with Crippen LogP contribution in [0.4, 0.5) is 0 Å². The van der Waals surface area contributed by atoms with Crippen molar-refractivity contribution in [1.82, 2.24) is 5.43 Å². The van der Waals surface area contributed by atoms with Gasteiger partial charge in [-0.25, -0.2) is 5.43 Å². The summed E-state index contributed by atoms with van der Waals surface area (Å²) in [6, 6.07) is 8.46. The number of hydrazine groups is 1. The number of nitrogens with two attached hydrogens (primary N) is 1. The number of unbranched alkanes of at least 4 members (excludes halogenated alkanes) is 3. The Morgan fingerprint density at radius 2 is 2.05 bits per heavy atom. The van der Waals surface area contributed by atoms with Crippen molar-refractivity contribution in [1.29, 1.82) is 0 Å². The van der Waals surface area contributed by atoms with Crippen LogP contribution in [0.1, 0.15) is 56.4 Å². The van der Waals surface area contributed by atoms with Gasteiger partial charge in [0, 0.05) is 5.39 Å². The molecule has 3 N–H and O–H groups in total. The SMILES string of the molecule is CCCCCCC(NN)c1cc2cc(C)ccc2o1. The molecule has 104 valence electrons. The van der Waals surface area contributed by atoms with Crippen molar-refractivity contribution in [3.05, 3.63) is 35.6 Å². The van der Waals surface area contributed by atoms with Crippen molar-refractivity contribution in [2.45, 2.75) is 52.0 Å². The molecule has 1 unspecified atom stereocenters. The number of benzene rings is 1. The maximum Gasteiger partial charge on any atom is 0.134 e. The van der Waals surface area contributed by atoms with Gasteiger partial charge in [-0.2, -0.15) is 0 Å². The van der Waals surface area contributed by atoms with Crippen LogP contribution in [0.15, 0.2) is 28.7 Å². The summed E-state index contributed by atoms with van der Waals surface area (Å²) in [5.74, 6) is 6.61. The molecule has 0 saturated heterocycles. The molecule has 0 aliphatic rings. The second kappa shape index (κ2) is 6.73. The molecule has 0 fully saturated rings.